The fourth-order valence-corrected chi connectivity index (χ4v) is 3.42. The molecular weight excluding hydrogens is 368 g/mol. The van der Waals surface area contributed by atoms with E-state index < -0.39 is 5.82 Å². The van der Waals surface area contributed by atoms with Crippen LogP contribution in [0.25, 0.3) is 11.1 Å². The first kappa shape index (κ1) is 18.0. The predicted octanol–water partition coefficient (Wildman–Crippen LogP) is 4.15. The number of aromatic nitrogens is 2. The van der Waals surface area contributed by atoms with Gasteiger partial charge in [-0.25, -0.2) is 9.07 Å². The normalized spacial score (nSPS) is 13.8. The Morgan fingerprint density at radius 2 is 1.84 bits per heavy atom. The van der Waals surface area contributed by atoms with Gasteiger partial charge >= 0.3 is 0 Å². The standard InChI is InChI=1S/C17H18Cl2FN3O2/c1-9(2)16(24)21-13-7-10(12(20)8-11(13)18)14-15(19)22-5-3-4-6-23(22)17(14)25/h7-9H,3-6H2,1-2H3,(H,21,24). The second-order valence-corrected chi connectivity index (χ2v) is 7.15. The van der Waals surface area contributed by atoms with Crippen LogP contribution in [0.5, 0.6) is 0 Å². The molecule has 134 valence electrons. The summed E-state index contributed by atoms with van der Waals surface area (Å²) < 4.78 is 17.7. The molecule has 1 aliphatic rings. The molecular formula is C17H18Cl2FN3O2. The molecule has 0 saturated heterocycles. The maximum atomic E-state index is 14.5. The van der Waals surface area contributed by atoms with Crippen molar-refractivity contribution in [2.24, 2.45) is 5.92 Å². The van der Waals surface area contributed by atoms with Crippen LogP contribution in [0, 0.1) is 11.7 Å². The number of carbonyl (C=O) groups excluding carboxylic acids is 1. The summed E-state index contributed by atoms with van der Waals surface area (Å²) in [7, 11) is 0. The van der Waals surface area contributed by atoms with Gasteiger partial charge in [0.2, 0.25) is 5.91 Å². The number of amides is 1. The molecule has 0 unspecified atom stereocenters. The number of hydrogen-bond acceptors (Lipinski definition) is 2. The maximum Gasteiger partial charge on any atom is 0.276 e. The first-order valence-corrected chi connectivity index (χ1v) is 8.86. The van der Waals surface area contributed by atoms with Crippen LogP contribution in [0.1, 0.15) is 26.7 Å². The van der Waals surface area contributed by atoms with Gasteiger partial charge in [-0.05, 0) is 25.0 Å². The van der Waals surface area contributed by atoms with Crippen molar-refractivity contribution < 1.29 is 9.18 Å². The van der Waals surface area contributed by atoms with Crippen LogP contribution in [0.3, 0.4) is 0 Å². The quantitative estimate of drug-likeness (QED) is 0.862. The van der Waals surface area contributed by atoms with E-state index in [4.69, 9.17) is 23.2 Å². The van der Waals surface area contributed by atoms with E-state index in [1.54, 1.807) is 18.5 Å². The van der Waals surface area contributed by atoms with Crippen molar-refractivity contribution in [3.05, 3.63) is 38.5 Å². The Bertz CT molecular complexity index is 902. The summed E-state index contributed by atoms with van der Waals surface area (Å²) in [5, 5.41) is 2.92. The number of nitrogens with zero attached hydrogens (tertiary/aromatic N) is 2. The number of hydrogen-bond donors (Lipinski definition) is 1. The third kappa shape index (κ3) is 3.20. The smallest absolute Gasteiger partial charge is 0.276 e. The molecule has 8 heteroatoms. The lowest BCUT2D eigenvalue weighted by Crippen LogP contribution is -2.27. The van der Waals surface area contributed by atoms with Crippen molar-refractivity contribution in [2.45, 2.75) is 39.8 Å². The highest BCUT2D eigenvalue weighted by molar-refractivity contribution is 6.34. The van der Waals surface area contributed by atoms with Crippen molar-refractivity contribution in [3.8, 4) is 11.1 Å². The van der Waals surface area contributed by atoms with Gasteiger partial charge in [-0.15, -0.1) is 0 Å². The second kappa shape index (κ2) is 6.84. The fraction of sp³-hybridized carbons (Fsp3) is 0.412. The van der Waals surface area contributed by atoms with Gasteiger partial charge in [-0.2, -0.15) is 0 Å². The molecule has 25 heavy (non-hydrogen) atoms. The summed E-state index contributed by atoms with van der Waals surface area (Å²) in [4.78, 5) is 24.6. The van der Waals surface area contributed by atoms with Crippen LogP contribution >= 0.6 is 23.2 Å². The Hall–Kier alpha value is -1.79. The highest BCUT2D eigenvalue weighted by Gasteiger charge is 2.25. The number of benzene rings is 1. The molecule has 2 heterocycles. The van der Waals surface area contributed by atoms with Gasteiger partial charge in [0.25, 0.3) is 5.56 Å². The van der Waals surface area contributed by atoms with Crippen LogP contribution in [-0.2, 0) is 17.9 Å². The molecule has 0 atom stereocenters. The van der Waals surface area contributed by atoms with Crippen LogP contribution < -0.4 is 10.9 Å². The van der Waals surface area contributed by atoms with Crippen LogP contribution in [0.15, 0.2) is 16.9 Å². The molecule has 5 nitrogen and oxygen atoms in total. The van der Waals surface area contributed by atoms with Crippen LogP contribution in [0.4, 0.5) is 10.1 Å². The van der Waals surface area contributed by atoms with E-state index in [9.17, 15) is 14.0 Å². The molecule has 0 bridgehead atoms. The average Bonchev–Trinajstić information content (AvgIpc) is 2.82. The topological polar surface area (TPSA) is 56.0 Å². The van der Waals surface area contributed by atoms with Gasteiger partial charge in [-0.3, -0.25) is 14.3 Å². The molecule has 1 N–H and O–H groups in total. The van der Waals surface area contributed by atoms with Gasteiger partial charge in [0.15, 0.2) is 0 Å². The fourth-order valence-electron chi connectivity index (χ4n) is 2.87. The highest BCUT2D eigenvalue weighted by Crippen LogP contribution is 2.34. The maximum absolute atomic E-state index is 14.5. The van der Waals surface area contributed by atoms with E-state index in [2.05, 4.69) is 5.32 Å². The first-order chi connectivity index (χ1) is 11.8. The van der Waals surface area contributed by atoms with Crippen molar-refractivity contribution in [3.63, 3.8) is 0 Å². The Labute approximate surface area is 154 Å². The molecule has 0 radical (unpaired) electrons. The number of halogens is 3. The van der Waals surface area contributed by atoms with Crippen molar-refractivity contribution in [2.75, 3.05) is 5.32 Å². The summed E-state index contributed by atoms with van der Waals surface area (Å²) in [5.41, 5.74) is 0.0408. The van der Waals surface area contributed by atoms with Gasteiger partial charge in [-0.1, -0.05) is 37.0 Å². The zero-order valence-electron chi connectivity index (χ0n) is 13.9. The van der Waals surface area contributed by atoms with E-state index in [0.29, 0.717) is 13.1 Å². The summed E-state index contributed by atoms with van der Waals surface area (Å²) in [5.74, 6) is -1.17. The molecule has 0 aliphatic carbocycles. The van der Waals surface area contributed by atoms with Gasteiger partial charge in [0.05, 0.1) is 16.3 Å². The Kier molecular flexibility index (Phi) is 4.93. The molecule has 2 aromatic rings. The average molecular weight is 386 g/mol. The lowest BCUT2D eigenvalue weighted by atomic mass is 10.1. The number of fused-ring (bicyclic) bond motifs is 1. The Morgan fingerprint density at radius 3 is 2.44 bits per heavy atom. The molecule has 3 rings (SSSR count). The third-order valence-electron chi connectivity index (χ3n) is 4.27. The SMILES string of the molecule is CC(C)C(=O)Nc1cc(-c2c(Cl)n3n(c2=O)CCCC3)c(F)cc1Cl. The van der Waals surface area contributed by atoms with Gasteiger partial charge < -0.3 is 5.32 Å². The molecule has 0 fully saturated rings. The van der Waals surface area contributed by atoms with Crippen molar-refractivity contribution >= 4 is 34.8 Å². The van der Waals surface area contributed by atoms with Gasteiger partial charge in [0.1, 0.15) is 11.0 Å². The second-order valence-electron chi connectivity index (χ2n) is 6.38. The van der Waals surface area contributed by atoms with E-state index >= 15 is 0 Å². The zero-order valence-corrected chi connectivity index (χ0v) is 15.4. The molecule has 1 aromatic carbocycles. The third-order valence-corrected chi connectivity index (χ3v) is 4.97. The number of anilines is 1. The molecule has 1 aliphatic heterocycles. The highest BCUT2D eigenvalue weighted by atomic mass is 35.5. The summed E-state index contributed by atoms with van der Waals surface area (Å²) >= 11 is 12.4. The van der Waals surface area contributed by atoms with Crippen LogP contribution in [-0.4, -0.2) is 15.3 Å². The minimum atomic E-state index is -0.657. The lowest BCUT2D eigenvalue weighted by Gasteiger charge is -2.17. The monoisotopic (exact) mass is 385 g/mol. The van der Waals surface area contributed by atoms with E-state index in [0.717, 1.165) is 18.9 Å². The minimum absolute atomic E-state index is 0.0351. The van der Waals surface area contributed by atoms with Crippen molar-refractivity contribution in [1.29, 1.82) is 0 Å². The largest absolute Gasteiger partial charge is 0.325 e. The van der Waals surface area contributed by atoms with Crippen LogP contribution in [0.2, 0.25) is 10.2 Å². The van der Waals surface area contributed by atoms with E-state index in [1.807, 2.05) is 0 Å². The molecule has 1 amide bonds. The summed E-state index contributed by atoms with van der Waals surface area (Å²) in [6.45, 7) is 4.63. The summed E-state index contributed by atoms with van der Waals surface area (Å²) in [6, 6.07) is 2.46. The minimum Gasteiger partial charge on any atom is -0.325 e. The summed E-state index contributed by atoms with van der Waals surface area (Å²) in [6.07, 6.45) is 1.78. The number of carbonyl (C=O) groups is 1. The number of nitrogens with one attached hydrogen (secondary N) is 1. The van der Waals surface area contributed by atoms with Crippen molar-refractivity contribution in [1.82, 2.24) is 9.36 Å². The Balaban J connectivity index is 2.14. The molecule has 0 saturated carbocycles. The predicted molar refractivity (Wildman–Crippen MR) is 96.8 cm³/mol. The molecule has 1 aromatic heterocycles. The molecule has 0 spiro atoms. The lowest BCUT2D eigenvalue weighted by molar-refractivity contribution is -0.118. The van der Waals surface area contributed by atoms with Gasteiger partial charge in [0, 0.05) is 24.6 Å². The zero-order chi connectivity index (χ0) is 18.3. The Morgan fingerprint density at radius 1 is 1.20 bits per heavy atom. The van der Waals surface area contributed by atoms with E-state index in [1.165, 1.54) is 10.7 Å². The van der Waals surface area contributed by atoms with E-state index in [-0.39, 0.29) is 44.4 Å². The first-order valence-electron chi connectivity index (χ1n) is 8.10. The number of rotatable bonds is 3.